The molecule has 1 aromatic rings. The fraction of sp³-hybridized carbons (Fsp3) is 0.611. The van der Waals surface area contributed by atoms with Gasteiger partial charge >= 0.3 is 0 Å². The Morgan fingerprint density at radius 3 is 2.55 bits per heavy atom. The van der Waals surface area contributed by atoms with Gasteiger partial charge in [0.2, 0.25) is 5.91 Å². The Balaban J connectivity index is 2.09. The van der Waals surface area contributed by atoms with Crippen molar-refractivity contribution in [1.29, 1.82) is 0 Å². The lowest BCUT2D eigenvalue weighted by molar-refractivity contribution is -0.137. The van der Waals surface area contributed by atoms with Gasteiger partial charge in [-0.05, 0) is 31.2 Å². The molecule has 4 nitrogen and oxygen atoms in total. The molecule has 0 spiro atoms. The van der Waals surface area contributed by atoms with E-state index in [1.165, 1.54) is 24.8 Å². The molecule has 0 bridgehead atoms. The van der Waals surface area contributed by atoms with Crippen LogP contribution in [0.25, 0.3) is 0 Å². The second kappa shape index (κ2) is 8.30. The third-order valence-electron chi connectivity index (χ3n) is 4.75. The van der Waals surface area contributed by atoms with Gasteiger partial charge in [-0.3, -0.25) is 4.79 Å². The van der Waals surface area contributed by atoms with Crippen molar-refractivity contribution in [2.24, 2.45) is 11.7 Å². The topological polar surface area (TPSA) is 55.6 Å². The number of hydrogen-bond acceptors (Lipinski definition) is 3. The minimum absolute atomic E-state index is 0.0876. The maximum Gasteiger partial charge on any atom is 0.225 e. The Kier molecular flexibility index (Phi) is 6.40. The molecule has 0 aromatic heterocycles. The van der Waals surface area contributed by atoms with Gasteiger partial charge in [0.1, 0.15) is 0 Å². The molecule has 4 heteroatoms. The molecular formula is C18H28N2O2. The predicted molar refractivity (Wildman–Crippen MR) is 88.4 cm³/mol. The summed E-state index contributed by atoms with van der Waals surface area (Å²) in [7, 11) is 1.61. The molecule has 1 fully saturated rings. The highest BCUT2D eigenvalue weighted by atomic mass is 16.5. The highest BCUT2D eigenvalue weighted by molar-refractivity contribution is 5.77. The third kappa shape index (κ3) is 4.31. The van der Waals surface area contributed by atoms with E-state index in [0.717, 1.165) is 6.54 Å². The van der Waals surface area contributed by atoms with Crippen LogP contribution in [0.5, 0.6) is 0 Å². The van der Waals surface area contributed by atoms with Crippen LogP contribution in [0.15, 0.2) is 30.3 Å². The molecule has 1 saturated carbocycles. The number of amides is 1. The largest absolute Gasteiger partial charge is 0.380 e. The summed E-state index contributed by atoms with van der Waals surface area (Å²) in [5, 5.41) is 0. The number of benzene rings is 1. The fourth-order valence-corrected chi connectivity index (χ4v) is 2.92. The molecule has 0 saturated heterocycles. The minimum Gasteiger partial charge on any atom is -0.380 e. The van der Waals surface area contributed by atoms with Crippen LogP contribution in [-0.4, -0.2) is 37.1 Å². The standard InChI is InChI=1S/C18H28N2O2/c1-14(16-9-4-3-5-10-16)20(13-15-7-6-8-15)18(21)11-17(12-19)22-2/h3-5,9-10,14-15,17H,6-8,11-13,19H2,1-2H3. The maximum absolute atomic E-state index is 12.8. The number of ether oxygens (including phenoxy) is 1. The molecule has 1 aliphatic rings. The SMILES string of the molecule is COC(CN)CC(=O)N(CC1CCC1)C(C)c1ccccc1. The number of methoxy groups -OCH3 is 1. The fourth-order valence-electron chi connectivity index (χ4n) is 2.92. The Morgan fingerprint density at radius 1 is 1.36 bits per heavy atom. The Labute approximate surface area is 133 Å². The van der Waals surface area contributed by atoms with Gasteiger partial charge in [0.05, 0.1) is 18.6 Å². The van der Waals surface area contributed by atoms with E-state index >= 15 is 0 Å². The maximum atomic E-state index is 12.8. The van der Waals surface area contributed by atoms with Crippen LogP contribution in [0, 0.1) is 5.92 Å². The van der Waals surface area contributed by atoms with Gasteiger partial charge in [-0.25, -0.2) is 0 Å². The second-order valence-corrected chi connectivity index (χ2v) is 6.23. The van der Waals surface area contributed by atoms with Crippen molar-refractivity contribution in [3.8, 4) is 0 Å². The molecule has 22 heavy (non-hydrogen) atoms. The van der Waals surface area contributed by atoms with Gasteiger partial charge in [0, 0.05) is 20.2 Å². The average molecular weight is 304 g/mol. The van der Waals surface area contributed by atoms with E-state index in [-0.39, 0.29) is 18.1 Å². The van der Waals surface area contributed by atoms with E-state index in [2.05, 4.69) is 19.1 Å². The quantitative estimate of drug-likeness (QED) is 0.803. The first kappa shape index (κ1) is 17.0. The normalized spacial score (nSPS) is 17.6. The van der Waals surface area contributed by atoms with Crippen molar-refractivity contribution in [2.75, 3.05) is 20.2 Å². The van der Waals surface area contributed by atoms with Crippen molar-refractivity contribution in [3.63, 3.8) is 0 Å². The van der Waals surface area contributed by atoms with Crippen LogP contribution >= 0.6 is 0 Å². The summed E-state index contributed by atoms with van der Waals surface area (Å²) >= 11 is 0. The number of carbonyl (C=O) groups is 1. The second-order valence-electron chi connectivity index (χ2n) is 6.23. The van der Waals surface area contributed by atoms with E-state index in [0.29, 0.717) is 18.9 Å². The highest BCUT2D eigenvalue weighted by Gasteiger charge is 2.28. The Morgan fingerprint density at radius 2 is 2.05 bits per heavy atom. The third-order valence-corrected chi connectivity index (χ3v) is 4.75. The van der Waals surface area contributed by atoms with Gasteiger partial charge in [0.15, 0.2) is 0 Å². The number of hydrogen-bond donors (Lipinski definition) is 1. The molecule has 2 unspecified atom stereocenters. The first-order valence-electron chi connectivity index (χ1n) is 8.23. The molecule has 2 N–H and O–H groups in total. The van der Waals surface area contributed by atoms with Crippen LogP contribution in [0.2, 0.25) is 0 Å². The van der Waals surface area contributed by atoms with E-state index in [1.807, 2.05) is 23.1 Å². The smallest absolute Gasteiger partial charge is 0.225 e. The average Bonchev–Trinajstić information content (AvgIpc) is 2.51. The zero-order valence-electron chi connectivity index (χ0n) is 13.7. The molecule has 1 aliphatic carbocycles. The van der Waals surface area contributed by atoms with Crippen molar-refractivity contribution in [1.82, 2.24) is 4.90 Å². The number of nitrogens with two attached hydrogens (primary N) is 1. The van der Waals surface area contributed by atoms with Gasteiger partial charge in [-0.15, -0.1) is 0 Å². The van der Waals surface area contributed by atoms with Gasteiger partial charge in [-0.1, -0.05) is 36.8 Å². The first-order valence-corrected chi connectivity index (χ1v) is 8.23. The zero-order valence-corrected chi connectivity index (χ0v) is 13.7. The molecule has 1 aromatic carbocycles. The van der Waals surface area contributed by atoms with E-state index in [1.54, 1.807) is 7.11 Å². The summed E-state index contributed by atoms with van der Waals surface area (Å²) in [5.41, 5.74) is 6.84. The summed E-state index contributed by atoms with van der Waals surface area (Å²) in [4.78, 5) is 14.8. The van der Waals surface area contributed by atoms with E-state index < -0.39 is 0 Å². The van der Waals surface area contributed by atoms with Crippen LogP contribution in [0.4, 0.5) is 0 Å². The number of nitrogens with zero attached hydrogens (tertiary/aromatic N) is 1. The molecule has 122 valence electrons. The van der Waals surface area contributed by atoms with Crippen molar-refractivity contribution in [2.45, 2.75) is 44.8 Å². The first-order chi connectivity index (χ1) is 10.7. The Hall–Kier alpha value is -1.39. The van der Waals surface area contributed by atoms with Crippen LogP contribution < -0.4 is 5.73 Å². The van der Waals surface area contributed by atoms with Crippen molar-refractivity contribution in [3.05, 3.63) is 35.9 Å². The molecule has 0 radical (unpaired) electrons. The zero-order chi connectivity index (χ0) is 15.9. The van der Waals surface area contributed by atoms with Crippen LogP contribution in [-0.2, 0) is 9.53 Å². The summed E-state index contributed by atoms with van der Waals surface area (Å²) in [6, 6.07) is 10.3. The molecule has 1 amide bonds. The van der Waals surface area contributed by atoms with Gasteiger partial charge in [0.25, 0.3) is 0 Å². The predicted octanol–water partition coefficient (Wildman–Crippen LogP) is 2.74. The summed E-state index contributed by atoms with van der Waals surface area (Å²) in [6.45, 7) is 3.32. The van der Waals surface area contributed by atoms with Crippen LogP contribution in [0.1, 0.15) is 44.2 Å². The van der Waals surface area contributed by atoms with E-state index in [4.69, 9.17) is 10.5 Å². The monoisotopic (exact) mass is 304 g/mol. The number of carbonyl (C=O) groups excluding carboxylic acids is 1. The van der Waals surface area contributed by atoms with Gasteiger partial charge in [-0.2, -0.15) is 0 Å². The van der Waals surface area contributed by atoms with Gasteiger partial charge < -0.3 is 15.4 Å². The van der Waals surface area contributed by atoms with Crippen LogP contribution in [0.3, 0.4) is 0 Å². The van der Waals surface area contributed by atoms with Crippen molar-refractivity contribution < 1.29 is 9.53 Å². The summed E-state index contributed by atoms with van der Waals surface area (Å²) in [5.74, 6) is 0.787. The number of rotatable bonds is 8. The lowest BCUT2D eigenvalue weighted by Gasteiger charge is -2.37. The lowest BCUT2D eigenvalue weighted by Crippen LogP contribution is -2.41. The lowest BCUT2D eigenvalue weighted by atomic mass is 9.84. The molecular weight excluding hydrogens is 276 g/mol. The van der Waals surface area contributed by atoms with Crippen molar-refractivity contribution >= 4 is 5.91 Å². The molecule has 0 aliphatic heterocycles. The van der Waals surface area contributed by atoms with E-state index in [9.17, 15) is 4.79 Å². The summed E-state index contributed by atoms with van der Waals surface area (Å²) < 4.78 is 5.28. The molecule has 2 rings (SSSR count). The molecule has 2 atom stereocenters. The summed E-state index contributed by atoms with van der Waals surface area (Å²) in [6.07, 6.45) is 3.91. The highest BCUT2D eigenvalue weighted by Crippen LogP contribution is 2.31. The minimum atomic E-state index is -0.195. The Bertz CT molecular complexity index is 455. The molecule has 0 heterocycles.